The van der Waals surface area contributed by atoms with E-state index in [9.17, 15) is 9.59 Å². The summed E-state index contributed by atoms with van der Waals surface area (Å²) in [5.74, 6) is 0.499. The van der Waals surface area contributed by atoms with E-state index in [2.05, 4.69) is 5.32 Å². The number of likely N-dealkylation sites (tertiary alicyclic amines) is 1. The molecule has 3 N–H and O–H groups in total. The van der Waals surface area contributed by atoms with E-state index in [1.54, 1.807) is 0 Å². The van der Waals surface area contributed by atoms with Crippen molar-refractivity contribution >= 4 is 11.8 Å². The molecule has 0 radical (unpaired) electrons. The Balaban J connectivity index is 1.73. The van der Waals surface area contributed by atoms with Gasteiger partial charge in [-0.3, -0.25) is 9.59 Å². The minimum atomic E-state index is -0.0987. The molecule has 1 aliphatic carbocycles. The first-order valence-corrected chi connectivity index (χ1v) is 8.41. The quantitative estimate of drug-likeness (QED) is 0.820. The molecule has 2 amide bonds. The van der Waals surface area contributed by atoms with Crippen molar-refractivity contribution in [2.24, 2.45) is 17.6 Å². The second kappa shape index (κ2) is 7.78. The zero-order valence-corrected chi connectivity index (χ0v) is 13.1. The average molecular weight is 295 g/mol. The van der Waals surface area contributed by atoms with Crippen LogP contribution in [0.15, 0.2) is 0 Å². The molecule has 21 heavy (non-hydrogen) atoms. The van der Waals surface area contributed by atoms with E-state index in [0.29, 0.717) is 6.54 Å². The van der Waals surface area contributed by atoms with Crippen LogP contribution in [0.25, 0.3) is 0 Å². The summed E-state index contributed by atoms with van der Waals surface area (Å²) >= 11 is 0. The third-order valence-corrected chi connectivity index (χ3v) is 4.90. The molecule has 0 spiro atoms. The lowest BCUT2D eigenvalue weighted by molar-refractivity contribution is -0.136. The maximum absolute atomic E-state index is 12.2. The van der Waals surface area contributed by atoms with Crippen molar-refractivity contribution in [2.45, 2.75) is 57.9 Å². The van der Waals surface area contributed by atoms with E-state index in [1.807, 2.05) is 11.8 Å². The smallest absolute Gasteiger partial charge is 0.226 e. The van der Waals surface area contributed by atoms with Gasteiger partial charge in [0.2, 0.25) is 11.8 Å². The number of nitrogens with zero attached hydrogens (tertiary/aromatic N) is 1. The SMILES string of the molecule is CC(CN)C(=O)N1CCC(NC(=O)C2CCCCC2)CC1. The number of piperidine rings is 1. The van der Waals surface area contributed by atoms with Gasteiger partial charge in [-0.25, -0.2) is 0 Å². The Kier molecular flexibility index (Phi) is 6.03. The molecule has 1 atom stereocenters. The predicted octanol–water partition coefficient (Wildman–Crippen LogP) is 1.27. The molecule has 1 aliphatic heterocycles. The Morgan fingerprint density at radius 1 is 1.14 bits per heavy atom. The third-order valence-electron chi connectivity index (χ3n) is 4.90. The van der Waals surface area contributed by atoms with Crippen molar-refractivity contribution in [3.8, 4) is 0 Å². The lowest BCUT2D eigenvalue weighted by atomic mass is 9.88. The number of nitrogens with one attached hydrogen (secondary N) is 1. The highest BCUT2D eigenvalue weighted by Gasteiger charge is 2.28. The van der Waals surface area contributed by atoms with Crippen LogP contribution in [0.1, 0.15) is 51.9 Å². The topological polar surface area (TPSA) is 75.4 Å². The van der Waals surface area contributed by atoms with E-state index in [0.717, 1.165) is 38.8 Å². The zero-order valence-electron chi connectivity index (χ0n) is 13.1. The second-order valence-corrected chi connectivity index (χ2v) is 6.58. The first kappa shape index (κ1) is 16.3. The average Bonchev–Trinajstić information content (AvgIpc) is 2.55. The molecule has 0 aromatic rings. The summed E-state index contributed by atoms with van der Waals surface area (Å²) in [4.78, 5) is 26.2. The molecular formula is C16H29N3O2. The van der Waals surface area contributed by atoms with Gasteiger partial charge in [0.1, 0.15) is 0 Å². The number of rotatable bonds is 4. The van der Waals surface area contributed by atoms with Crippen molar-refractivity contribution in [3.63, 3.8) is 0 Å². The van der Waals surface area contributed by atoms with E-state index < -0.39 is 0 Å². The molecule has 5 heteroatoms. The molecule has 1 saturated heterocycles. The molecule has 0 aromatic carbocycles. The Morgan fingerprint density at radius 3 is 2.33 bits per heavy atom. The van der Waals surface area contributed by atoms with E-state index in [-0.39, 0.29) is 29.7 Å². The number of hydrogen-bond acceptors (Lipinski definition) is 3. The second-order valence-electron chi connectivity index (χ2n) is 6.58. The molecule has 2 rings (SSSR count). The number of nitrogens with two attached hydrogens (primary N) is 1. The van der Waals surface area contributed by atoms with Crippen LogP contribution < -0.4 is 11.1 Å². The van der Waals surface area contributed by atoms with Crippen LogP contribution in [0.3, 0.4) is 0 Å². The van der Waals surface area contributed by atoms with Crippen molar-refractivity contribution in [3.05, 3.63) is 0 Å². The molecule has 2 fully saturated rings. The van der Waals surface area contributed by atoms with Crippen LogP contribution >= 0.6 is 0 Å². The molecule has 5 nitrogen and oxygen atoms in total. The number of hydrogen-bond donors (Lipinski definition) is 2. The fourth-order valence-corrected chi connectivity index (χ4v) is 3.34. The van der Waals surface area contributed by atoms with Gasteiger partial charge in [0.25, 0.3) is 0 Å². The van der Waals surface area contributed by atoms with Gasteiger partial charge in [0, 0.05) is 37.5 Å². The van der Waals surface area contributed by atoms with Gasteiger partial charge in [0.05, 0.1) is 0 Å². The predicted molar refractivity (Wildman–Crippen MR) is 82.5 cm³/mol. The summed E-state index contributed by atoms with van der Waals surface area (Å²) in [7, 11) is 0. The van der Waals surface area contributed by atoms with Gasteiger partial charge in [0.15, 0.2) is 0 Å². The van der Waals surface area contributed by atoms with Crippen LogP contribution in [0.5, 0.6) is 0 Å². The first-order chi connectivity index (χ1) is 10.1. The minimum Gasteiger partial charge on any atom is -0.353 e. The van der Waals surface area contributed by atoms with Crippen LogP contribution in [0, 0.1) is 11.8 Å². The molecular weight excluding hydrogens is 266 g/mol. The Labute approximate surface area is 127 Å². The third kappa shape index (κ3) is 4.43. The van der Waals surface area contributed by atoms with Gasteiger partial charge in [-0.1, -0.05) is 26.2 Å². The highest BCUT2D eigenvalue weighted by molar-refractivity contribution is 5.80. The zero-order chi connectivity index (χ0) is 15.2. The van der Waals surface area contributed by atoms with Gasteiger partial charge in [-0.2, -0.15) is 0 Å². The summed E-state index contributed by atoms with van der Waals surface area (Å²) in [6.45, 7) is 3.74. The maximum Gasteiger partial charge on any atom is 0.226 e. The largest absolute Gasteiger partial charge is 0.353 e. The van der Waals surface area contributed by atoms with Crippen LogP contribution in [-0.4, -0.2) is 42.4 Å². The number of amides is 2. The number of carbonyl (C=O) groups excluding carboxylic acids is 2. The molecule has 0 aromatic heterocycles. The standard InChI is InChI=1S/C16H29N3O2/c1-12(11-17)16(21)19-9-7-14(8-10-19)18-15(20)13-5-3-2-4-6-13/h12-14H,2-11,17H2,1H3,(H,18,20). The van der Waals surface area contributed by atoms with Crippen molar-refractivity contribution in [1.82, 2.24) is 10.2 Å². The van der Waals surface area contributed by atoms with Crippen LogP contribution in [-0.2, 0) is 9.59 Å². The van der Waals surface area contributed by atoms with E-state index in [4.69, 9.17) is 5.73 Å². The normalized spacial score (nSPS) is 22.9. The van der Waals surface area contributed by atoms with Crippen molar-refractivity contribution in [2.75, 3.05) is 19.6 Å². The maximum atomic E-state index is 12.2. The Hall–Kier alpha value is -1.10. The summed E-state index contributed by atoms with van der Waals surface area (Å²) in [5, 5.41) is 3.19. The fourth-order valence-electron chi connectivity index (χ4n) is 3.34. The summed E-state index contributed by atoms with van der Waals surface area (Å²) in [6.07, 6.45) is 7.44. The molecule has 1 unspecified atom stereocenters. The monoisotopic (exact) mass is 295 g/mol. The van der Waals surface area contributed by atoms with Gasteiger partial charge in [-0.15, -0.1) is 0 Å². The molecule has 2 aliphatic rings. The summed E-state index contributed by atoms with van der Waals surface area (Å²) < 4.78 is 0. The Bertz CT molecular complexity index is 359. The fraction of sp³-hybridized carbons (Fsp3) is 0.875. The molecule has 120 valence electrons. The van der Waals surface area contributed by atoms with Crippen molar-refractivity contribution in [1.29, 1.82) is 0 Å². The summed E-state index contributed by atoms with van der Waals surface area (Å²) in [6, 6.07) is 0.233. The van der Waals surface area contributed by atoms with Crippen LogP contribution in [0.2, 0.25) is 0 Å². The van der Waals surface area contributed by atoms with E-state index in [1.165, 1.54) is 19.3 Å². The van der Waals surface area contributed by atoms with E-state index >= 15 is 0 Å². The highest BCUT2D eigenvalue weighted by atomic mass is 16.2. The summed E-state index contributed by atoms with van der Waals surface area (Å²) in [5.41, 5.74) is 5.55. The highest BCUT2D eigenvalue weighted by Crippen LogP contribution is 2.24. The number of carbonyl (C=O) groups is 2. The first-order valence-electron chi connectivity index (χ1n) is 8.41. The lowest BCUT2D eigenvalue weighted by Crippen LogP contribution is -2.49. The van der Waals surface area contributed by atoms with Gasteiger partial charge in [-0.05, 0) is 25.7 Å². The molecule has 1 heterocycles. The molecule has 0 bridgehead atoms. The Morgan fingerprint density at radius 2 is 1.76 bits per heavy atom. The van der Waals surface area contributed by atoms with Crippen molar-refractivity contribution < 1.29 is 9.59 Å². The minimum absolute atomic E-state index is 0.0987. The lowest BCUT2D eigenvalue weighted by Gasteiger charge is -2.34. The molecule has 1 saturated carbocycles. The van der Waals surface area contributed by atoms with Crippen LogP contribution in [0.4, 0.5) is 0 Å². The van der Waals surface area contributed by atoms with Gasteiger partial charge >= 0.3 is 0 Å². The van der Waals surface area contributed by atoms with Gasteiger partial charge < -0.3 is 16.0 Å².